The molecule has 0 aliphatic heterocycles. The van der Waals surface area contributed by atoms with E-state index in [1.165, 1.54) is 12.1 Å². The van der Waals surface area contributed by atoms with Gasteiger partial charge in [-0.2, -0.15) is 0 Å². The van der Waals surface area contributed by atoms with Gasteiger partial charge < -0.3 is 10.8 Å². The molecule has 0 aromatic heterocycles. The molecule has 6 heteroatoms. The third-order valence-corrected chi connectivity index (χ3v) is 4.72. The number of rotatable bonds is 5. The van der Waals surface area contributed by atoms with Crippen molar-refractivity contribution in [3.8, 4) is 0 Å². The molecule has 2 rings (SSSR count). The molecule has 1 atom stereocenters. The summed E-state index contributed by atoms with van der Waals surface area (Å²) >= 11 is 0. The highest BCUT2D eigenvalue weighted by Crippen LogP contribution is 2.18. The Kier molecular flexibility index (Phi) is 4.62. The van der Waals surface area contributed by atoms with E-state index in [4.69, 9.17) is 5.73 Å². The Morgan fingerprint density at radius 3 is 2.48 bits per heavy atom. The molecule has 2 aromatic rings. The highest BCUT2D eigenvalue weighted by atomic mass is 32.2. The Balaban J connectivity index is 2.11. The maximum Gasteiger partial charge on any atom is 0.240 e. The number of aliphatic hydroxyl groups excluding tert-OH is 1. The van der Waals surface area contributed by atoms with Gasteiger partial charge in [0.25, 0.3) is 0 Å². The summed E-state index contributed by atoms with van der Waals surface area (Å²) in [6.45, 7) is 1.59. The van der Waals surface area contributed by atoms with Gasteiger partial charge in [-0.1, -0.05) is 30.3 Å². The standard InChI is InChI=1S/C15H18N2O3S/c1-11-9-13(16)7-8-15(11)21(19,20)17-10-14(18)12-5-3-2-4-6-12/h2-9,14,17-18H,10,16H2,1H3. The van der Waals surface area contributed by atoms with E-state index in [0.717, 1.165) is 0 Å². The van der Waals surface area contributed by atoms with Gasteiger partial charge in [-0.25, -0.2) is 13.1 Å². The number of hydrogen-bond donors (Lipinski definition) is 3. The lowest BCUT2D eigenvalue weighted by molar-refractivity contribution is 0.182. The molecule has 1 unspecified atom stereocenters. The van der Waals surface area contributed by atoms with Gasteiger partial charge in [-0.3, -0.25) is 0 Å². The molecule has 0 heterocycles. The van der Waals surface area contributed by atoms with Crippen LogP contribution in [0.5, 0.6) is 0 Å². The molecule has 2 aromatic carbocycles. The van der Waals surface area contributed by atoms with Crippen molar-refractivity contribution >= 4 is 15.7 Å². The summed E-state index contributed by atoms with van der Waals surface area (Å²) in [7, 11) is -3.68. The predicted molar refractivity (Wildman–Crippen MR) is 82.2 cm³/mol. The van der Waals surface area contributed by atoms with Crippen molar-refractivity contribution in [1.82, 2.24) is 4.72 Å². The van der Waals surface area contributed by atoms with Gasteiger partial charge >= 0.3 is 0 Å². The average molecular weight is 306 g/mol. The third kappa shape index (κ3) is 3.81. The molecule has 0 aliphatic rings. The highest BCUT2D eigenvalue weighted by molar-refractivity contribution is 7.89. The van der Waals surface area contributed by atoms with Crippen LogP contribution in [0.1, 0.15) is 17.2 Å². The van der Waals surface area contributed by atoms with Crippen molar-refractivity contribution in [3.05, 3.63) is 59.7 Å². The minimum atomic E-state index is -3.68. The fourth-order valence-corrected chi connectivity index (χ4v) is 3.30. The van der Waals surface area contributed by atoms with Crippen LogP contribution in [0.3, 0.4) is 0 Å². The van der Waals surface area contributed by atoms with Gasteiger partial charge in [0, 0.05) is 12.2 Å². The van der Waals surface area contributed by atoms with E-state index in [-0.39, 0.29) is 11.4 Å². The summed E-state index contributed by atoms with van der Waals surface area (Å²) in [6, 6.07) is 13.5. The van der Waals surface area contributed by atoms with Gasteiger partial charge in [-0.15, -0.1) is 0 Å². The lowest BCUT2D eigenvalue weighted by Gasteiger charge is -2.14. The molecule has 21 heavy (non-hydrogen) atoms. The Labute approximate surface area is 124 Å². The maximum atomic E-state index is 12.2. The van der Waals surface area contributed by atoms with E-state index >= 15 is 0 Å². The SMILES string of the molecule is Cc1cc(N)ccc1S(=O)(=O)NCC(O)c1ccccc1. The molecule has 0 amide bonds. The molecule has 0 saturated carbocycles. The van der Waals surface area contributed by atoms with Gasteiger partial charge in [-0.05, 0) is 36.2 Å². The highest BCUT2D eigenvalue weighted by Gasteiger charge is 2.18. The fourth-order valence-electron chi connectivity index (χ4n) is 2.03. The molecule has 112 valence electrons. The van der Waals surface area contributed by atoms with Gasteiger partial charge in [0.05, 0.1) is 11.0 Å². The van der Waals surface area contributed by atoms with Crippen LogP contribution in [-0.4, -0.2) is 20.1 Å². The van der Waals surface area contributed by atoms with E-state index in [1.54, 1.807) is 37.3 Å². The molecule has 0 saturated heterocycles. The van der Waals surface area contributed by atoms with Crippen molar-refractivity contribution in [2.45, 2.75) is 17.9 Å². The molecule has 0 aliphatic carbocycles. The molecule has 5 nitrogen and oxygen atoms in total. The second kappa shape index (κ2) is 6.26. The quantitative estimate of drug-likeness (QED) is 0.731. The Hall–Kier alpha value is -1.89. The van der Waals surface area contributed by atoms with E-state index < -0.39 is 16.1 Å². The smallest absolute Gasteiger partial charge is 0.240 e. The molecular formula is C15H18N2O3S. The molecule has 4 N–H and O–H groups in total. The number of anilines is 1. The zero-order chi connectivity index (χ0) is 15.5. The Morgan fingerprint density at radius 2 is 1.86 bits per heavy atom. The lowest BCUT2D eigenvalue weighted by atomic mass is 10.1. The molecule has 0 spiro atoms. The number of nitrogens with two attached hydrogens (primary N) is 1. The first-order valence-corrected chi connectivity index (χ1v) is 7.97. The van der Waals surface area contributed by atoms with Crippen molar-refractivity contribution in [2.24, 2.45) is 0 Å². The summed E-state index contributed by atoms with van der Waals surface area (Å²) in [5.41, 5.74) is 7.35. The van der Waals surface area contributed by atoms with Crippen molar-refractivity contribution in [3.63, 3.8) is 0 Å². The first kappa shape index (κ1) is 15.5. The van der Waals surface area contributed by atoms with Crippen LogP contribution in [0.4, 0.5) is 5.69 Å². The number of aliphatic hydroxyl groups is 1. The maximum absolute atomic E-state index is 12.2. The van der Waals surface area contributed by atoms with E-state index in [9.17, 15) is 13.5 Å². The summed E-state index contributed by atoms with van der Waals surface area (Å²) in [5, 5.41) is 10.00. The van der Waals surface area contributed by atoms with E-state index in [0.29, 0.717) is 16.8 Å². The van der Waals surface area contributed by atoms with E-state index in [2.05, 4.69) is 4.72 Å². The number of nitrogen functional groups attached to an aromatic ring is 1. The Morgan fingerprint density at radius 1 is 1.19 bits per heavy atom. The van der Waals surface area contributed by atoms with E-state index in [1.807, 2.05) is 6.07 Å². The first-order valence-electron chi connectivity index (χ1n) is 6.49. The van der Waals surface area contributed by atoms with Crippen LogP contribution in [0.15, 0.2) is 53.4 Å². The average Bonchev–Trinajstić information content (AvgIpc) is 2.45. The van der Waals surface area contributed by atoms with Gasteiger partial charge in [0.2, 0.25) is 10.0 Å². The van der Waals surface area contributed by atoms with Crippen molar-refractivity contribution < 1.29 is 13.5 Å². The number of hydrogen-bond acceptors (Lipinski definition) is 4. The van der Waals surface area contributed by atoms with Crippen molar-refractivity contribution in [1.29, 1.82) is 0 Å². The summed E-state index contributed by atoms with van der Waals surface area (Å²) < 4.78 is 26.9. The summed E-state index contributed by atoms with van der Waals surface area (Å²) in [5.74, 6) is 0. The topological polar surface area (TPSA) is 92.4 Å². The lowest BCUT2D eigenvalue weighted by Crippen LogP contribution is -2.29. The largest absolute Gasteiger partial charge is 0.399 e. The number of nitrogens with one attached hydrogen (secondary N) is 1. The molecule has 0 fully saturated rings. The van der Waals surface area contributed by atoms with Crippen LogP contribution in [-0.2, 0) is 10.0 Å². The minimum absolute atomic E-state index is 0.0871. The van der Waals surface area contributed by atoms with Crippen LogP contribution < -0.4 is 10.5 Å². The van der Waals surface area contributed by atoms with Crippen molar-refractivity contribution in [2.75, 3.05) is 12.3 Å². The second-order valence-electron chi connectivity index (χ2n) is 4.80. The fraction of sp³-hybridized carbons (Fsp3) is 0.200. The van der Waals surface area contributed by atoms with Gasteiger partial charge in [0.1, 0.15) is 0 Å². The van der Waals surface area contributed by atoms with Crippen LogP contribution >= 0.6 is 0 Å². The van der Waals surface area contributed by atoms with Crippen LogP contribution in [0, 0.1) is 6.92 Å². The first-order chi connectivity index (χ1) is 9.90. The minimum Gasteiger partial charge on any atom is -0.399 e. The third-order valence-electron chi connectivity index (χ3n) is 3.14. The summed E-state index contributed by atoms with van der Waals surface area (Å²) in [4.78, 5) is 0.164. The van der Waals surface area contributed by atoms with Crippen LogP contribution in [0.2, 0.25) is 0 Å². The molecular weight excluding hydrogens is 288 g/mol. The Bertz CT molecular complexity index is 715. The molecule has 0 radical (unpaired) electrons. The molecule has 0 bridgehead atoms. The van der Waals surface area contributed by atoms with Gasteiger partial charge in [0.15, 0.2) is 0 Å². The second-order valence-corrected chi connectivity index (χ2v) is 6.54. The number of benzene rings is 2. The predicted octanol–water partition coefficient (Wildman–Crippen LogP) is 1.59. The number of aryl methyl sites for hydroxylation is 1. The summed E-state index contributed by atoms with van der Waals surface area (Å²) in [6.07, 6.45) is -0.893. The van der Waals surface area contributed by atoms with Crippen LogP contribution in [0.25, 0.3) is 0 Å². The zero-order valence-electron chi connectivity index (χ0n) is 11.7. The normalized spacial score (nSPS) is 13.0. The zero-order valence-corrected chi connectivity index (χ0v) is 12.5. The number of sulfonamides is 1. The monoisotopic (exact) mass is 306 g/mol.